The maximum absolute atomic E-state index is 10.3. The van der Waals surface area contributed by atoms with Crippen molar-refractivity contribution >= 4 is 5.97 Å². The van der Waals surface area contributed by atoms with E-state index in [0.717, 1.165) is 5.06 Å². The van der Waals surface area contributed by atoms with Crippen LogP contribution in [0.1, 0.15) is 13.8 Å². The Kier molecular flexibility index (Phi) is 5.58. The van der Waals surface area contributed by atoms with Gasteiger partial charge in [0.2, 0.25) is 0 Å². The highest BCUT2D eigenvalue weighted by Crippen LogP contribution is 2.02. The van der Waals surface area contributed by atoms with Crippen molar-refractivity contribution in [3.8, 4) is 0 Å². The first-order valence-electron chi connectivity index (χ1n) is 4.12. The molecule has 0 bridgehead atoms. The zero-order valence-corrected chi connectivity index (χ0v) is 8.12. The van der Waals surface area contributed by atoms with Crippen molar-refractivity contribution in [1.29, 1.82) is 0 Å². The van der Waals surface area contributed by atoms with Crippen LogP contribution < -0.4 is 5.73 Å². The summed E-state index contributed by atoms with van der Waals surface area (Å²) < 4.78 is 0. The van der Waals surface area contributed by atoms with Gasteiger partial charge in [0.25, 0.3) is 0 Å². The molecule has 0 amide bonds. The Hall–Kier alpha value is -0.730. The molecule has 0 aromatic heterocycles. The van der Waals surface area contributed by atoms with Gasteiger partial charge in [-0.25, -0.2) is 0 Å². The Morgan fingerprint density at radius 2 is 1.86 bits per heavy atom. The molecule has 3 atom stereocenters. The molecule has 0 aliphatic heterocycles. The molecule has 0 saturated heterocycles. The number of hydrogen-bond acceptors (Lipinski definition) is 6. The molecule has 0 fully saturated rings. The molecular weight excluding hydrogens is 192 g/mol. The number of carboxylic acids is 1. The van der Waals surface area contributed by atoms with Gasteiger partial charge in [0.15, 0.2) is 0 Å². The van der Waals surface area contributed by atoms with E-state index in [1.165, 1.54) is 13.8 Å². The van der Waals surface area contributed by atoms with E-state index in [9.17, 15) is 4.79 Å². The number of carbonyl (C=O) groups is 1. The standard InChI is InChI=1S/C7H16N2O5/c1-4(10)9(5(2)11)14-3-6(8)7(12)13/h4-6,10-11H,3,8H2,1-2H3,(H,12,13)/t4?,5?,6-/m0/s1. The first-order chi connectivity index (χ1) is 6.36. The lowest BCUT2D eigenvalue weighted by atomic mass is 10.3. The molecule has 0 aliphatic carbocycles. The molecule has 0 spiro atoms. The van der Waals surface area contributed by atoms with Gasteiger partial charge in [-0.3, -0.25) is 9.63 Å². The summed E-state index contributed by atoms with van der Waals surface area (Å²) in [4.78, 5) is 15.1. The van der Waals surface area contributed by atoms with E-state index in [4.69, 9.17) is 25.9 Å². The van der Waals surface area contributed by atoms with Crippen LogP contribution in [0.4, 0.5) is 0 Å². The van der Waals surface area contributed by atoms with Crippen molar-refractivity contribution in [2.75, 3.05) is 6.61 Å². The number of aliphatic hydroxyl groups is 2. The van der Waals surface area contributed by atoms with Crippen LogP contribution in [0.5, 0.6) is 0 Å². The number of aliphatic carboxylic acids is 1. The van der Waals surface area contributed by atoms with Crippen LogP contribution in [0, 0.1) is 0 Å². The van der Waals surface area contributed by atoms with Crippen molar-refractivity contribution in [2.45, 2.75) is 32.3 Å². The van der Waals surface area contributed by atoms with Crippen LogP contribution in [0.3, 0.4) is 0 Å². The molecule has 7 heteroatoms. The quantitative estimate of drug-likeness (QED) is 0.304. The van der Waals surface area contributed by atoms with Crippen LogP contribution in [0.15, 0.2) is 0 Å². The van der Waals surface area contributed by atoms with Gasteiger partial charge >= 0.3 is 5.97 Å². The predicted molar refractivity (Wildman–Crippen MR) is 46.8 cm³/mol. The van der Waals surface area contributed by atoms with Crippen molar-refractivity contribution in [1.82, 2.24) is 5.06 Å². The monoisotopic (exact) mass is 208 g/mol. The van der Waals surface area contributed by atoms with E-state index in [1.807, 2.05) is 0 Å². The minimum atomic E-state index is -1.21. The number of rotatable bonds is 6. The van der Waals surface area contributed by atoms with Gasteiger partial charge in [0, 0.05) is 0 Å². The maximum Gasteiger partial charge on any atom is 0.322 e. The van der Waals surface area contributed by atoms with Gasteiger partial charge in [0.05, 0.1) is 6.61 Å². The van der Waals surface area contributed by atoms with Crippen LogP contribution in [-0.4, -0.2) is 51.5 Å². The fourth-order valence-corrected chi connectivity index (χ4v) is 0.766. The van der Waals surface area contributed by atoms with Gasteiger partial charge in [-0.05, 0) is 13.8 Å². The molecule has 0 rings (SSSR count). The lowest BCUT2D eigenvalue weighted by molar-refractivity contribution is -0.293. The second-order valence-corrected chi connectivity index (χ2v) is 2.86. The third-order valence-electron chi connectivity index (χ3n) is 1.46. The summed E-state index contributed by atoms with van der Waals surface area (Å²) in [7, 11) is 0. The average Bonchev–Trinajstić information content (AvgIpc) is 2.02. The fraction of sp³-hybridized carbons (Fsp3) is 0.857. The summed E-state index contributed by atoms with van der Waals surface area (Å²) in [6, 6.07) is -1.19. The molecule has 7 nitrogen and oxygen atoms in total. The van der Waals surface area contributed by atoms with Crippen molar-refractivity contribution in [3.05, 3.63) is 0 Å². The molecule has 84 valence electrons. The van der Waals surface area contributed by atoms with Crippen LogP contribution in [0.2, 0.25) is 0 Å². The summed E-state index contributed by atoms with van der Waals surface area (Å²) in [5, 5.41) is 27.4. The third kappa shape index (κ3) is 4.49. The molecule has 0 aromatic rings. The highest BCUT2D eigenvalue weighted by molar-refractivity contribution is 5.73. The molecule has 0 saturated carbocycles. The SMILES string of the molecule is CC(O)N(OC[C@H](N)C(=O)O)C(C)O. The Morgan fingerprint density at radius 3 is 2.14 bits per heavy atom. The summed E-state index contributed by atoms with van der Waals surface area (Å²) in [6.45, 7) is 2.43. The molecule has 14 heavy (non-hydrogen) atoms. The Balaban J connectivity index is 4.00. The number of hydrogen-bond donors (Lipinski definition) is 4. The normalized spacial score (nSPS) is 17.9. The molecule has 2 unspecified atom stereocenters. The largest absolute Gasteiger partial charge is 0.480 e. The third-order valence-corrected chi connectivity index (χ3v) is 1.46. The van der Waals surface area contributed by atoms with Gasteiger partial charge < -0.3 is 21.1 Å². The Morgan fingerprint density at radius 1 is 1.43 bits per heavy atom. The van der Waals surface area contributed by atoms with E-state index in [0.29, 0.717) is 0 Å². The van der Waals surface area contributed by atoms with Gasteiger partial charge in [-0.2, -0.15) is 0 Å². The van der Waals surface area contributed by atoms with Gasteiger partial charge in [-0.15, -0.1) is 5.06 Å². The Labute approximate surface area is 81.6 Å². The fourth-order valence-electron chi connectivity index (χ4n) is 0.766. The number of hydroxylamine groups is 2. The van der Waals surface area contributed by atoms with Crippen LogP contribution in [0.25, 0.3) is 0 Å². The van der Waals surface area contributed by atoms with Crippen LogP contribution in [-0.2, 0) is 9.63 Å². The van der Waals surface area contributed by atoms with E-state index < -0.39 is 24.5 Å². The van der Waals surface area contributed by atoms with E-state index in [-0.39, 0.29) is 6.61 Å². The smallest absolute Gasteiger partial charge is 0.322 e. The summed E-state index contributed by atoms with van der Waals surface area (Å²) in [5.74, 6) is -1.21. The second-order valence-electron chi connectivity index (χ2n) is 2.86. The topological polar surface area (TPSA) is 116 Å². The Bertz CT molecular complexity index is 177. The summed E-state index contributed by atoms with van der Waals surface area (Å²) in [6.07, 6.45) is -2.09. The maximum atomic E-state index is 10.3. The first kappa shape index (κ1) is 13.3. The number of carboxylic acid groups (broad SMARTS) is 1. The molecule has 5 N–H and O–H groups in total. The van der Waals surface area contributed by atoms with E-state index in [2.05, 4.69) is 0 Å². The van der Waals surface area contributed by atoms with E-state index in [1.54, 1.807) is 0 Å². The van der Waals surface area contributed by atoms with Crippen LogP contribution >= 0.6 is 0 Å². The zero-order chi connectivity index (χ0) is 11.3. The van der Waals surface area contributed by atoms with E-state index >= 15 is 0 Å². The zero-order valence-electron chi connectivity index (χ0n) is 8.12. The lowest BCUT2D eigenvalue weighted by Crippen LogP contribution is -2.44. The lowest BCUT2D eigenvalue weighted by Gasteiger charge is -2.27. The second kappa shape index (κ2) is 5.89. The first-order valence-corrected chi connectivity index (χ1v) is 4.12. The minimum absolute atomic E-state index is 0.314. The molecular formula is C7H16N2O5. The van der Waals surface area contributed by atoms with Gasteiger partial charge in [0.1, 0.15) is 18.5 Å². The molecule has 0 aromatic carbocycles. The van der Waals surface area contributed by atoms with Crippen molar-refractivity contribution in [3.63, 3.8) is 0 Å². The predicted octanol–water partition coefficient (Wildman–Crippen LogP) is -1.69. The number of aliphatic hydroxyl groups excluding tert-OH is 2. The molecule has 0 aliphatic rings. The highest BCUT2D eigenvalue weighted by atomic mass is 16.7. The molecule has 0 heterocycles. The minimum Gasteiger partial charge on any atom is -0.480 e. The summed E-state index contributed by atoms with van der Waals surface area (Å²) in [5.41, 5.74) is 5.15. The van der Waals surface area contributed by atoms with Gasteiger partial charge in [-0.1, -0.05) is 0 Å². The van der Waals surface area contributed by atoms with Crippen molar-refractivity contribution in [2.24, 2.45) is 5.73 Å². The average molecular weight is 208 g/mol. The molecule has 0 radical (unpaired) electrons. The summed E-state index contributed by atoms with van der Waals surface area (Å²) >= 11 is 0. The number of nitrogens with two attached hydrogens (primary N) is 1. The van der Waals surface area contributed by atoms with Crippen molar-refractivity contribution < 1.29 is 25.0 Å². The number of nitrogens with zero attached hydrogens (tertiary/aromatic N) is 1. The highest BCUT2D eigenvalue weighted by Gasteiger charge is 2.20.